The molecule has 5 nitrogen and oxygen atoms in total. The first-order valence-corrected chi connectivity index (χ1v) is 7.80. The number of morpholine rings is 1. The highest BCUT2D eigenvalue weighted by atomic mass is 16.5. The lowest BCUT2D eigenvalue weighted by Crippen LogP contribution is -2.55. The van der Waals surface area contributed by atoms with Crippen molar-refractivity contribution >= 4 is 11.9 Å². The Kier molecular flexibility index (Phi) is 4.16. The highest BCUT2D eigenvalue weighted by Gasteiger charge is 2.48. The fraction of sp³-hybridized carbons (Fsp3) is 0.529. The van der Waals surface area contributed by atoms with Crippen LogP contribution in [0.4, 0.5) is 0 Å². The molecule has 0 spiro atoms. The van der Waals surface area contributed by atoms with E-state index in [4.69, 9.17) is 9.84 Å². The minimum Gasteiger partial charge on any atom is -0.481 e. The third-order valence-electron chi connectivity index (χ3n) is 4.77. The van der Waals surface area contributed by atoms with Crippen LogP contribution in [0.3, 0.4) is 0 Å². The van der Waals surface area contributed by atoms with E-state index in [0.717, 1.165) is 24.8 Å². The van der Waals surface area contributed by atoms with Gasteiger partial charge in [0.25, 0.3) is 0 Å². The molecule has 1 saturated carbocycles. The zero-order chi connectivity index (χ0) is 15.6. The monoisotopic (exact) mass is 303 g/mol. The molecule has 0 aromatic heterocycles. The fourth-order valence-electron chi connectivity index (χ4n) is 3.44. The van der Waals surface area contributed by atoms with Crippen molar-refractivity contribution in [1.29, 1.82) is 0 Å². The number of ether oxygens (including phenoxy) is 1. The number of benzene rings is 1. The molecule has 0 bridgehead atoms. The number of hydrogen-bond acceptors (Lipinski definition) is 3. The number of aliphatic carboxylic acids is 1. The van der Waals surface area contributed by atoms with E-state index in [9.17, 15) is 9.59 Å². The van der Waals surface area contributed by atoms with Gasteiger partial charge in [0.15, 0.2) is 0 Å². The molecule has 1 atom stereocenters. The molecule has 3 rings (SSSR count). The van der Waals surface area contributed by atoms with Crippen LogP contribution in [0.15, 0.2) is 30.3 Å². The van der Waals surface area contributed by atoms with Crippen LogP contribution < -0.4 is 0 Å². The van der Waals surface area contributed by atoms with Crippen molar-refractivity contribution in [3.63, 3.8) is 0 Å². The van der Waals surface area contributed by atoms with Crippen molar-refractivity contribution in [3.8, 4) is 0 Å². The third-order valence-corrected chi connectivity index (χ3v) is 4.77. The topological polar surface area (TPSA) is 66.8 Å². The molecule has 0 radical (unpaired) electrons. The molecule has 1 amide bonds. The SMILES string of the molecule is O=C(O)C[C@@H]1CN(C(=O)C2(c3ccccc3)CCC2)CCO1. The number of nitrogens with zero attached hydrogens (tertiary/aromatic N) is 1. The molecular formula is C17H21NO4. The van der Waals surface area contributed by atoms with Crippen LogP contribution in [-0.2, 0) is 19.7 Å². The van der Waals surface area contributed by atoms with Crippen LogP contribution in [-0.4, -0.2) is 47.7 Å². The van der Waals surface area contributed by atoms with E-state index in [1.54, 1.807) is 4.90 Å². The van der Waals surface area contributed by atoms with Crippen molar-refractivity contribution < 1.29 is 19.4 Å². The number of carbonyl (C=O) groups excluding carboxylic acids is 1. The average Bonchev–Trinajstić information content (AvgIpc) is 2.47. The minimum absolute atomic E-state index is 0.0535. The predicted molar refractivity (Wildman–Crippen MR) is 80.5 cm³/mol. The van der Waals surface area contributed by atoms with E-state index in [1.807, 2.05) is 30.3 Å². The second-order valence-corrected chi connectivity index (χ2v) is 6.14. The van der Waals surface area contributed by atoms with Gasteiger partial charge in [-0.05, 0) is 18.4 Å². The molecule has 22 heavy (non-hydrogen) atoms. The lowest BCUT2D eigenvalue weighted by molar-refractivity contribution is -0.153. The first-order valence-electron chi connectivity index (χ1n) is 7.80. The molecule has 2 aliphatic rings. The lowest BCUT2D eigenvalue weighted by Gasteiger charge is -2.45. The van der Waals surface area contributed by atoms with Crippen LogP contribution >= 0.6 is 0 Å². The van der Waals surface area contributed by atoms with Crippen LogP contribution in [0.5, 0.6) is 0 Å². The Labute approximate surface area is 129 Å². The summed E-state index contributed by atoms with van der Waals surface area (Å²) in [6.45, 7) is 1.33. The van der Waals surface area contributed by atoms with Gasteiger partial charge >= 0.3 is 5.97 Å². The maximum absolute atomic E-state index is 13.1. The summed E-state index contributed by atoms with van der Waals surface area (Å²) < 4.78 is 5.46. The predicted octanol–water partition coefficient (Wildman–Crippen LogP) is 1.81. The molecular weight excluding hydrogens is 282 g/mol. The minimum atomic E-state index is -0.888. The van der Waals surface area contributed by atoms with Crippen molar-refractivity contribution in [2.75, 3.05) is 19.7 Å². The molecule has 1 aliphatic heterocycles. The normalized spacial score (nSPS) is 23.6. The van der Waals surface area contributed by atoms with E-state index >= 15 is 0 Å². The Balaban J connectivity index is 1.76. The highest BCUT2D eigenvalue weighted by Crippen LogP contribution is 2.45. The Morgan fingerprint density at radius 1 is 1.27 bits per heavy atom. The van der Waals surface area contributed by atoms with E-state index in [1.165, 1.54) is 0 Å². The Morgan fingerprint density at radius 3 is 2.59 bits per heavy atom. The van der Waals surface area contributed by atoms with Crippen LogP contribution in [0, 0.1) is 0 Å². The summed E-state index contributed by atoms with van der Waals surface area (Å²) >= 11 is 0. The Bertz CT molecular complexity index is 553. The third kappa shape index (κ3) is 2.73. The maximum Gasteiger partial charge on any atom is 0.306 e. The molecule has 1 N–H and O–H groups in total. The molecule has 118 valence electrons. The molecule has 0 unspecified atom stereocenters. The maximum atomic E-state index is 13.1. The van der Waals surface area contributed by atoms with Gasteiger partial charge in [-0.3, -0.25) is 9.59 Å². The molecule has 1 aromatic carbocycles. The lowest BCUT2D eigenvalue weighted by atomic mass is 9.63. The van der Waals surface area contributed by atoms with Gasteiger partial charge in [0.1, 0.15) is 0 Å². The Hall–Kier alpha value is -1.88. The van der Waals surface area contributed by atoms with Crippen molar-refractivity contribution in [2.45, 2.75) is 37.2 Å². The molecule has 1 aromatic rings. The molecule has 1 heterocycles. The van der Waals surface area contributed by atoms with Gasteiger partial charge in [-0.2, -0.15) is 0 Å². The Morgan fingerprint density at radius 2 is 2.00 bits per heavy atom. The van der Waals surface area contributed by atoms with E-state index in [0.29, 0.717) is 19.7 Å². The van der Waals surface area contributed by atoms with E-state index in [2.05, 4.69) is 0 Å². The smallest absolute Gasteiger partial charge is 0.306 e. The highest BCUT2D eigenvalue weighted by molar-refractivity contribution is 5.89. The second-order valence-electron chi connectivity index (χ2n) is 6.14. The summed E-state index contributed by atoms with van der Waals surface area (Å²) in [6, 6.07) is 9.93. The quantitative estimate of drug-likeness (QED) is 0.921. The molecule has 1 aliphatic carbocycles. The number of hydrogen-bond donors (Lipinski definition) is 1. The largest absolute Gasteiger partial charge is 0.481 e. The molecule has 5 heteroatoms. The van der Waals surface area contributed by atoms with Crippen LogP contribution in [0.2, 0.25) is 0 Å². The summed E-state index contributed by atoms with van der Waals surface area (Å²) in [7, 11) is 0. The van der Waals surface area contributed by atoms with Gasteiger partial charge in [0, 0.05) is 13.1 Å². The number of carboxylic acids is 1. The number of amides is 1. The van der Waals surface area contributed by atoms with Crippen LogP contribution in [0.1, 0.15) is 31.2 Å². The molecule has 1 saturated heterocycles. The van der Waals surface area contributed by atoms with Gasteiger partial charge in [0.05, 0.1) is 24.5 Å². The molecule has 2 fully saturated rings. The standard InChI is InChI=1S/C17H21NO4/c19-15(20)11-14-12-18(9-10-22-14)16(21)17(7-4-8-17)13-5-2-1-3-6-13/h1-3,5-6,14H,4,7-12H2,(H,19,20)/t14-/m1/s1. The summed E-state index contributed by atoms with van der Waals surface area (Å²) in [5.74, 6) is -0.760. The van der Waals surface area contributed by atoms with E-state index < -0.39 is 17.5 Å². The fourth-order valence-corrected chi connectivity index (χ4v) is 3.44. The summed E-state index contributed by atoms with van der Waals surface area (Å²) in [5.41, 5.74) is 0.666. The number of carbonyl (C=O) groups is 2. The number of rotatable bonds is 4. The summed E-state index contributed by atoms with van der Waals surface area (Å²) in [6.07, 6.45) is 2.35. The number of carboxylic acid groups (broad SMARTS) is 1. The zero-order valence-electron chi connectivity index (χ0n) is 12.5. The van der Waals surface area contributed by atoms with Gasteiger partial charge < -0.3 is 14.7 Å². The van der Waals surface area contributed by atoms with Gasteiger partial charge in [-0.25, -0.2) is 0 Å². The van der Waals surface area contributed by atoms with Crippen LogP contribution in [0.25, 0.3) is 0 Å². The van der Waals surface area contributed by atoms with Gasteiger partial charge in [-0.15, -0.1) is 0 Å². The second kappa shape index (κ2) is 6.08. The van der Waals surface area contributed by atoms with Crippen molar-refractivity contribution in [3.05, 3.63) is 35.9 Å². The first kappa shape index (κ1) is 15.0. The van der Waals surface area contributed by atoms with Crippen molar-refractivity contribution in [2.24, 2.45) is 0 Å². The summed E-state index contributed by atoms with van der Waals surface area (Å²) in [5, 5.41) is 8.90. The summed E-state index contributed by atoms with van der Waals surface area (Å²) in [4.78, 5) is 25.7. The van der Waals surface area contributed by atoms with Gasteiger partial charge in [0.2, 0.25) is 5.91 Å². The van der Waals surface area contributed by atoms with Crippen molar-refractivity contribution in [1.82, 2.24) is 4.90 Å². The van der Waals surface area contributed by atoms with E-state index in [-0.39, 0.29) is 12.3 Å². The average molecular weight is 303 g/mol. The zero-order valence-corrected chi connectivity index (χ0v) is 12.5. The van der Waals surface area contributed by atoms with Gasteiger partial charge in [-0.1, -0.05) is 36.8 Å². The first-order chi connectivity index (χ1) is 10.6.